The number of benzene rings is 2. The maximum absolute atomic E-state index is 12.5. The topological polar surface area (TPSA) is 117 Å². The lowest BCUT2D eigenvalue weighted by molar-refractivity contribution is -0.114. The molecule has 0 aliphatic carbocycles. The number of amides is 1. The standard InChI is InChI=1S/C20H23N5O3S/c1-13(2)20-23-19(24-25-20)12-21-29(27,28)18-10-6-16(7-11-18)15-4-8-17(9-5-15)22-14(3)26/h4-11,13,21H,12H2,1-3H3,(H,22,26)(H,23,24,25). The molecule has 2 aromatic carbocycles. The predicted octanol–water partition coefficient (Wildman–Crippen LogP) is 3.03. The van der Waals surface area contributed by atoms with Crippen molar-refractivity contribution in [2.75, 3.05) is 5.32 Å². The highest BCUT2D eigenvalue weighted by Gasteiger charge is 2.15. The van der Waals surface area contributed by atoms with Crippen LogP contribution in [0.5, 0.6) is 0 Å². The summed E-state index contributed by atoms with van der Waals surface area (Å²) in [4.78, 5) is 15.5. The van der Waals surface area contributed by atoms with Crippen molar-refractivity contribution >= 4 is 21.6 Å². The molecule has 29 heavy (non-hydrogen) atoms. The fraction of sp³-hybridized carbons (Fsp3) is 0.250. The number of rotatable bonds is 7. The number of sulfonamides is 1. The summed E-state index contributed by atoms with van der Waals surface area (Å²) in [6.45, 7) is 5.42. The summed E-state index contributed by atoms with van der Waals surface area (Å²) >= 11 is 0. The molecule has 0 saturated carbocycles. The zero-order valence-corrected chi connectivity index (χ0v) is 17.2. The van der Waals surface area contributed by atoms with Gasteiger partial charge in [-0.1, -0.05) is 38.1 Å². The van der Waals surface area contributed by atoms with Crippen LogP contribution in [0.1, 0.15) is 38.3 Å². The molecular weight excluding hydrogens is 390 g/mol. The molecule has 0 unspecified atom stereocenters. The Bertz CT molecular complexity index is 1090. The number of hydrogen-bond acceptors (Lipinski definition) is 5. The van der Waals surface area contributed by atoms with Crippen LogP contribution >= 0.6 is 0 Å². The molecule has 0 bridgehead atoms. The second kappa shape index (κ2) is 8.54. The highest BCUT2D eigenvalue weighted by molar-refractivity contribution is 7.89. The molecule has 1 aromatic heterocycles. The first-order valence-electron chi connectivity index (χ1n) is 9.13. The van der Waals surface area contributed by atoms with Gasteiger partial charge >= 0.3 is 0 Å². The van der Waals surface area contributed by atoms with Gasteiger partial charge in [-0.2, -0.15) is 5.10 Å². The second-order valence-electron chi connectivity index (χ2n) is 6.90. The van der Waals surface area contributed by atoms with Gasteiger partial charge in [0.15, 0.2) is 5.82 Å². The number of H-pyrrole nitrogens is 1. The molecule has 9 heteroatoms. The van der Waals surface area contributed by atoms with Crippen LogP contribution in [0, 0.1) is 0 Å². The third-order valence-electron chi connectivity index (χ3n) is 4.20. The molecule has 0 fully saturated rings. The summed E-state index contributed by atoms with van der Waals surface area (Å²) in [5.74, 6) is 1.14. The Morgan fingerprint density at radius 1 is 1.03 bits per heavy atom. The number of nitrogens with one attached hydrogen (secondary N) is 3. The first-order chi connectivity index (χ1) is 13.7. The Hall–Kier alpha value is -3.04. The molecule has 1 amide bonds. The second-order valence-corrected chi connectivity index (χ2v) is 8.67. The van der Waals surface area contributed by atoms with Crippen molar-refractivity contribution in [2.45, 2.75) is 38.1 Å². The molecule has 152 valence electrons. The maximum atomic E-state index is 12.5. The molecule has 0 spiro atoms. The van der Waals surface area contributed by atoms with Gasteiger partial charge in [-0.3, -0.25) is 9.89 Å². The molecule has 0 aliphatic heterocycles. The summed E-state index contributed by atoms with van der Waals surface area (Å²) in [6.07, 6.45) is 0. The van der Waals surface area contributed by atoms with Crippen molar-refractivity contribution in [3.63, 3.8) is 0 Å². The number of hydrogen-bond donors (Lipinski definition) is 3. The van der Waals surface area contributed by atoms with Gasteiger partial charge in [-0.05, 0) is 35.4 Å². The van der Waals surface area contributed by atoms with E-state index in [9.17, 15) is 13.2 Å². The lowest BCUT2D eigenvalue weighted by Crippen LogP contribution is -2.23. The van der Waals surface area contributed by atoms with Gasteiger partial charge in [-0.25, -0.2) is 18.1 Å². The molecule has 0 aliphatic rings. The fourth-order valence-electron chi connectivity index (χ4n) is 2.67. The van der Waals surface area contributed by atoms with Crippen LogP contribution in [0.4, 0.5) is 5.69 Å². The predicted molar refractivity (Wildman–Crippen MR) is 111 cm³/mol. The zero-order valence-electron chi connectivity index (χ0n) is 16.4. The number of anilines is 1. The molecule has 3 N–H and O–H groups in total. The highest BCUT2D eigenvalue weighted by Crippen LogP contribution is 2.23. The van der Waals surface area contributed by atoms with Crippen molar-refractivity contribution in [1.82, 2.24) is 19.9 Å². The average molecular weight is 414 g/mol. The van der Waals surface area contributed by atoms with Gasteiger partial charge in [-0.15, -0.1) is 0 Å². The van der Waals surface area contributed by atoms with E-state index in [4.69, 9.17) is 0 Å². The van der Waals surface area contributed by atoms with Crippen LogP contribution in [-0.4, -0.2) is 29.5 Å². The van der Waals surface area contributed by atoms with Crippen LogP contribution < -0.4 is 10.0 Å². The Morgan fingerprint density at radius 2 is 1.62 bits per heavy atom. The first kappa shape index (κ1) is 20.7. The van der Waals surface area contributed by atoms with Gasteiger partial charge in [0.05, 0.1) is 11.4 Å². The summed E-state index contributed by atoms with van der Waals surface area (Å²) < 4.78 is 27.6. The van der Waals surface area contributed by atoms with E-state index in [1.165, 1.54) is 6.92 Å². The minimum absolute atomic E-state index is 0.0361. The van der Waals surface area contributed by atoms with E-state index < -0.39 is 10.0 Å². The molecular formula is C20H23N5O3S. The van der Waals surface area contributed by atoms with E-state index in [0.29, 0.717) is 17.3 Å². The monoisotopic (exact) mass is 413 g/mol. The fourth-order valence-corrected chi connectivity index (χ4v) is 3.66. The zero-order chi connectivity index (χ0) is 21.0. The Morgan fingerprint density at radius 3 is 2.14 bits per heavy atom. The van der Waals surface area contributed by atoms with E-state index in [1.54, 1.807) is 36.4 Å². The summed E-state index contributed by atoms with van der Waals surface area (Å²) in [6, 6.07) is 13.9. The molecule has 3 aromatic rings. The quantitative estimate of drug-likeness (QED) is 0.550. The lowest BCUT2D eigenvalue weighted by Gasteiger charge is -2.08. The third kappa shape index (κ3) is 5.27. The van der Waals surface area contributed by atoms with Crippen LogP contribution in [0.2, 0.25) is 0 Å². The molecule has 8 nitrogen and oxygen atoms in total. The number of aromatic amines is 1. The van der Waals surface area contributed by atoms with Crippen molar-refractivity contribution in [2.24, 2.45) is 0 Å². The molecule has 3 rings (SSSR count). The van der Waals surface area contributed by atoms with Crippen molar-refractivity contribution in [3.8, 4) is 11.1 Å². The van der Waals surface area contributed by atoms with Gasteiger partial charge in [0.25, 0.3) is 0 Å². The smallest absolute Gasteiger partial charge is 0.240 e. The number of carbonyl (C=O) groups excluding carboxylic acids is 1. The molecule has 0 atom stereocenters. The minimum atomic E-state index is -3.67. The van der Waals surface area contributed by atoms with Gasteiger partial charge in [0, 0.05) is 18.5 Å². The van der Waals surface area contributed by atoms with Crippen molar-refractivity contribution < 1.29 is 13.2 Å². The first-order valence-corrected chi connectivity index (χ1v) is 10.6. The van der Waals surface area contributed by atoms with Crippen LogP contribution in [0.3, 0.4) is 0 Å². The van der Waals surface area contributed by atoms with Crippen LogP contribution in [0.15, 0.2) is 53.4 Å². The van der Waals surface area contributed by atoms with Crippen molar-refractivity contribution in [3.05, 3.63) is 60.2 Å². The largest absolute Gasteiger partial charge is 0.326 e. The van der Waals surface area contributed by atoms with E-state index in [2.05, 4.69) is 25.2 Å². The molecule has 0 saturated heterocycles. The minimum Gasteiger partial charge on any atom is -0.326 e. The average Bonchev–Trinajstić information content (AvgIpc) is 3.16. The number of aromatic nitrogens is 3. The van der Waals surface area contributed by atoms with Gasteiger partial charge < -0.3 is 5.32 Å². The van der Waals surface area contributed by atoms with E-state index in [1.807, 2.05) is 26.0 Å². The normalized spacial score (nSPS) is 11.6. The van der Waals surface area contributed by atoms with Crippen LogP contribution in [0.25, 0.3) is 11.1 Å². The molecule has 0 radical (unpaired) electrons. The maximum Gasteiger partial charge on any atom is 0.240 e. The lowest BCUT2D eigenvalue weighted by atomic mass is 10.1. The van der Waals surface area contributed by atoms with Gasteiger partial charge in [0.2, 0.25) is 15.9 Å². The summed E-state index contributed by atoms with van der Waals surface area (Å²) in [7, 11) is -3.67. The van der Waals surface area contributed by atoms with Gasteiger partial charge in [0.1, 0.15) is 5.82 Å². The van der Waals surface area contributed by atoms with Crippen LogP contribution in [-0.2, 0) is 21.4 Å². The molecule has 1 heterocycles. The number of carbonyl (C=O) groups is 1. The number of nitrogens with zero attached hydrogens (tertiary/aromatic N) is 2. The SMILES string of the molecule is CC(=O)Nc1ccc(-c2ccc(S(=O)(=O)NCc3nc(C(C)C)n[nH]3)cc2)cc1. The van der Waals surface area contributed by atoms with E-state index in [-0.39, 0.29) is 23.3 Å². The highest BCUT2D eigenvalue weighted by atomic mass is 32.2. The Kier molecular flexibility index (Phi) is 6.09. The van der Waals surface area contributed by atoms with E-state index in [0.717, 1.165) is 11.1 Å². The van der Waals surface area contributed by atoms with E-state index >= 15 is 0 Å². The summed E-state index contributed by atoms with van der Waals surface area (Å²) in [5, 5.41) is 9.51. The Balaban J connectivity index is 1.68. The summed E-state index contributed by atoms with van der Waals surface area (Å²) in [5.41, 5.74) is 2.49. The van der Waals surface area contributed by atoms with Crippen molar-refractivity contribution in [1.29, 1.82) is 0 Å². The Labute approximate surface area is 169 Å². The third-order valence-corrected chi connectivity index (χ3v) is 5.62.